The highest BCUT2D eigenvalue weighted by molar-refractivity contribution is 5.85. The molecule has 7 heteroatoms. The number of halogens is 1. The Labute approximate surface area is 155 Å². The lowest BCUT2D eigenvalue weighted by Gasteiger charge is -2.32. The fourth-order valence-corrected chi connectivity index (χ4v) is 3.45. The molecule has 2 heterocycles. The Balaban J connectivity index is 0.00000225. The Hall–Kier alpha value is -1.79. The first-order valence-corrected chi connectivity index (χ1v) is 8.71. The number of carbonyl (C=O) groups excluding carboxylic acids is 2. The molecule has 0 aliphatic carbocycles. The Morgan fingerprint density at radius 1 is 1.24 bits per heavy atom. The highest BCUT2D eigenvalue weighted by Crippen LogP contribution is 2.18. The van der Waals surface area contributed by atoms with Crippen molar-refractivity contribution in [1.82, 2.24) is 20.4 Å². The average molecular weight is 367 g/mol. The summed E-state index contributed by atoms with van der Waals surface area (Å²) in [6, 6.07) is 8.32. The fraction of sp³-hybridized carbons (Fsp3) is 0.556. The Kier molecular flexibility index (Phi) is 7.08. The van der Waals surface area contributed by atoms with Crippen LogP contribution >= 0.6 is 12.4 Å². The highest BCUT2D eigenvalue weighted by atomic mass is 35.5. The second-order valence-corrected chi connectivity index (χ2v) is 6.58. The molecule has 0 bridgehead atoms. The number of piperidine rings is 1. The molecule has 6 nitrogen and oxygen atoms in total. The van der Waals surface area contributed by atoms with Crippen LogP contribution in [0.3, 0.4) is 0 Å². The van der Waals surface area contributed by atoms with Gasteiger partial charge in [-0.25, -0.2) is 4.79 Å². The number of amides is 3. The smallest absolute Gasteiger partial charge is 0.318 e. The van der Waals surface area contributed by atoms with E-state index in [-0.39, 0.29) is 36.9 Å². The first-order valence-electron chi connectivity index (χ1n) is 8.71. The van der Waals surface area contributed by atoms with Gasteiger partial charge in [-0.1, -0.05) is 24.3 Å². The molecule has 0 aromatic heterocycles. The summed E-state index contributed by atoms with van der Waals surface area (Å²) in [6.45, 7) is 3.27. The molecule has 0 atom stereocenters. The molecule has 3 rings (SSSR count). The summed E-state index contributed by atoms with van der Waals surface area (Å²) in [4.78, 5) is 28.2. The van der Waals surface area contributed by atoms with Crippen molar-refractivity contribution in [3.05, 3.63) is 35.4 Å². The number of benzene rings is 1. The maximum Gasteiger partial charge on any atom is 0.318 e. The van der Waals surface area contributed by atoms with E-state index in [0.717, 1.165) is 32.4 Å². The summed E-state index contributed by atoms with van der Waals surface area (Å²) in [6.07, 6.45) is 2.81. The van der Waals surface area contributed by atoms with Gasteiger partial charge in [0.05, 0.1) is 6.54 Å². The van der Waals surface area contributed by atoms with Gasteiger partial charge in [0, 0.05) is 26.2 Å². The molecule has 2 aliphatic heterocycles. The SMILES string of the molecule is CN(C(=O)CNC(=O)N1CCc2ccccc2C1)C1CCNCC1.Cl. The minimum atomic E-state index is -0.156. The molecule has 0 spiro atoms. The summed E-state index contributed by atoms with van der Waals surface area (Å²) >= 11 is 0. The predicted molar refractivity (Wildman–Crippen MR) is 99.9 cm³/mol. The minimum absolute atomic E-state index is 0. The van der Waals surface area contributed by atoms with Crippen LogP contribution in [0.5, 0.6) is 0 Å². The third kappa shape index (κ3) is 4.86. The molecule has 0 radical (unpaired) electrons. The lowest BCUT2D eigenvalue weighted by atomic mass is 10.0. The number of rotatable bonds is 3. The van der Waals surface area contributed by atoms with Crippen molar-refractivity contribution in [2.24, 2.45) is 0 Å². The van der Waals surface area contributed by atoms with Crippen LogP contribution in [0.4, 0.5) is 4.79 Å². The summed E-state index contributed by atoms with van der Waals surface area (Å²) < 4.78 is 0. The Bertz CT molecular complexity index is 604. The van der Waals surface area contributed by atoms with Crippen LogP contribution in [0.2, 0.25) is 0 Å². The molecule has 2 N–H and O–H groups in total. The molecule has 1 aromatic carbocycles. The molecule has 25 heavy (non-hydrogen) atoms. The topological polar surface area (TPSA) is 64.7 Å². The molecular formula is C18H27ClN4O2. The molecule has 0 saturated carbocycles. The van der Waals surface area contributed by atoms with Gasteiger partial charge in [-0.15, -0.1) is 12.4 Å². The van der Waals surface area contributed by atoms with Gasteiger partial charge >= 0.3 is 6.03 Å². The number of hydrogen-bond donors (Lipinski definition) is 2. The van der Waals surface area contributed by atoms with Crippen molar-refractivity contribution in [1.29, 1.82) is 0 Å². The van der Waals surface area contributed by atoms with Gasteiger partial charge in [-0.3, -0.25) is 4.79 Å². The van der Waals surface area contributed by atoms with E-state index in [2.05, 4.69) is 22.8 Å². The third-order valence-corrected chi connectivity index (χ3v) is 5.06. The van der Waals surface area contributed by atoms with E-state index in [1.807, 2.05) is 19.2 Å². The van der Waals surface area contributed by atoms with Gasteiger partial charge in [0.2, 0.25) is 5.91 Å². The molecular weight excluding hydrogens is 340 g/mol. The number of urea groups is 1. The number of nitrogens with one attached hydrogen (secondary N) is 2. The highest BCUT2D eigenvalue weighted by Gasteiger charge is 2.24. The van der Waals surface area contributed by atoms with Crippen molar-refractivity contribution in [2.45, 2.75) is 31.8 Å². The van der Waals surface area contributed by atoms with Gasteiger partial charge in [0.15, 0.2) is 0 Å². The Morgan fingerprint density at radius 3 is 2.64 bits per heavy atom. The molecule has 138 valence electrons. The van der Waals surface area contributed by atoms with Gasteiger partial charge in [-0.05, 0) is 43.5 Å². The van der Waals surface area contributed by atoms with E-state index in [9.17, 15) is 9.59 Å². The normalized spacial score (nSPS) is 17.2. The molecule has 1 aromatic rings. The van der Waals surface area contributed by atoms with Gasteiger partial charge in [0.25, 0.3) is 0 Å². The van der Waals surface area contributed by atoms with E-state index in [1.165, 1.54) is 11.1 Å². The van der Waals surface area contributed by atoms with Crippen LogP contribution < -0.4 is 10.6 Å². The minimum Gasteiger partial charge on any atom is -0.341 e. The maximum absolute atomic E-state index is 12.3. The molecule has 3 amide bonds. The zero-order valence-electron chi connectivity index (χ0n) is 14.7. The second kappa shape index (κ2) is 9.06. The first-order chi connectivity index (χ1) is 11.6. The van der Waals surface area contributed by atoms with E-state index < -0.39 is 0 Å². The second-order valence-electron chi connectivity index (χ2n) is 6.58. The number of hydrogen-bond acceptors (Lipinski definition) is 3. The van der Waals surface area contributed by atoms with E-state index in [1.54, 1.807) is 9.80 Å². The maximum atomic E-state index is 12.3. The molecule has 1 saturated heterocycles. The summed E-state index contributed by atoms with van der Waals surface area (Å²) in [5.74, 6) is -0.0207. The van der Waals surface area contributed by atoms with Crippen molar-refractivity contribution in [2.75, 3.05) is 33.2 Å². The van der Waals surface area contributed by atoms with E-state index >= 15 is 0 Å². The predicted octanol–water partition coefficient (Wildman–Crippen LogP) is 1.39. The van der Waals surface area contributed by atoms with Crippen molar-refractivity contribution in [3.8, 4) is 0 Å². The number of nitrogens with zero attached hydrogens (tertiary/aromatic N) is 2. The van der Waals surface area contributed by atoms with Crippen molar-refractivity contribution < 1.29 is 9.59 Å². The van der Waals surface area contributed by atoms with Crippen molar-refractivity contribution in [3.63, 3.8) is 0 Å². The fourth-order valence-electron chi connectivity index (χ4n) is 3.45. The van der Waals surface area contributed by atoms with Crippen LogP contribution in [-0.2, 0) is 17.8 Å². The third-order valence-electron chi connectivity index (χ3n) is 5.06. The molecule has 2 aliphatic rings. The van der Waals surface area contributed by atoms with Crippen LogP contribution in [0.15, 0.2) is 24.3 Å². The lowest BCUT2D eigenvalue weighted by Crippen LogP contribution is -2.49. The standard InChI is InChI=1S/C18H26N4O2.ClH/c1-21(16-6-9-19-10-7-16)17(23)12-20-18(24)22-11-8-14-4-2-3-5-15(14)13-22;/h2-5,16,19H,6-13H2,1H3,(H,20,24);1H. The largest absolute Gasteiger partial charge is 0.341 e. The number of carbonyl (C=O) groups is 2. The lowest BCUT2D eigenvalue weighted by molar-refractivity contribution is -0.131. The van der Waals surface area contributed by atoms with Crippen LogP contribution in [-0.4, -0.2) is 61.0 Å². The summed E-state index contributed by atoms with van der Waals surface area (Å²) in [5, 5.41) is 6.08. The van der Waals surface area contributed by atoms with Crippen LogP contribution in [0.25, 0.3) is 0 Å². The number of likely N-dealkylation sites (N-methyl/N-ethyl adjacent to an activating group) is 1. The quantitative estimate of drug-likeness (QED) is 0.849. The molecule has 1 fully saturated rings. The zero-order chi connectivity index (χ0) is 16.9. The zero-order valence-corrected chi connectivity index (χ0v) is 15.5. The van der Waals surface area contributed by atoms with Gasteiger partial charge < -0.3 is 20.4 Å². The summed E-state index contributed by atoms with van der Waals surface area (Å²) in [5.41, 5.74) is 2.50. The van der Waals surface area contributed by atoms with Gasteiger partial charge in [0.1, 0.15) is 0 Å². The summed E-state index contributed by atoms with van der Waals surface area (Å²) in [7, 11) is 1.83. The van der Waals surface area contributed by atoms with Crippen molar-refractivity contribution >= 4 is 24.3 Å². The number of fused-ring (bicyclic) bond motifs is 1. The van der Waals surface area contributed by atoms with E-state index in [4.69, 9.17) is 0 Å². The first kappa shape index (κ1) is 19.5. The van der Waals surface area contributed by atoms with E-state index in [0.29, 0.717) is 13.1 Å². The Morgan fingerprint density at radius 2 is 1.92 bits per heavy atom. The monoisotopic (exact) mass is 366 g/mol. The van der Waals surface area contributed by atoms with Gasteiger partial charge in [-0.2, -0.15) is 0 Å². The average Bonchev–Trinajstić information content (AvgIpc) is 2.65. The molecule has 0 unspecified atom stereocenters. The van der Waals surface area contributed by atoms with Crippen LogP contribution in [0.1, 0.15) is 24.0 Å². The van der Waals surface area contributed by atoms with Crippen LogP contribution in [0, 0.1) is 0 Å².